The van der Waals surface area contributed by atoms with Gasteiger partial charge in [-0.15, -0.1) is 12.8 Å². The molecule has 50 heavy (non-hydrogen) atoms. The van der Waals surface area contributed by atoms with Gasteiger partial charge in [-0.1, -0.05) is 72.5 Å². The van der Waals surface area contributed by atoms with E-state index >= 15 is 0 Å². The van der Waals surface area contributed by atoms with Crippen molar-refractivity contribution in [3.8, 4) is 24.7 Å². The highest BCUT2D eigenvalue weighted by Crippen LogP contribution is 2.21. The van der Waals surface area contributed by atoms with Crippen LogP contribution in [0.1, 0.15) is 22.3 Å². The summed E-state index contributed by atoms with van der Waals surface area (Å²) in [4.78, 5) is 33.0. The lowest BCUT2D eigenvalue weighted by atomic mass is 10.0. The highest BCUT2D eigenvalue weighted by Gasteiger charge is 2.38. The summed E-state index contributed by atoms with van der Waals surface area (Å²) in [5, 5.41) is 0. The molecular weight excluding hydrogens is 624 g/mol. The highest BCUT2D eigenvalue weighted by molar-refractivity contribution is 5.89. The average Bonchev–Trinajstić information content (AvgIpc) is 3.19. The number of pyridine rings is 2. The predicted octanol–water partition coefficient (Wildman–Crippen LogP) is 4.12. The van der Waals surface area contributed by atoms with Crippen LogP contribution < -0.4 is 9.80 Å². The van der Waals surface area contributed by atoms with E-state index in [0.717, 1.165) is 60.1 Å². The lowest BCUT2D eigenvalue weighted by Crippen LogP contribution is -2.61. The SMILES string of the molecule is C#Cc1ccc(N2CCN(C(COCc3ccccc3)C(=O)C(COCc3ccccc3)N3CCN(c4ccc(C#C)cn4)CC3)CC2)nc1. The number of carbonyl (C=O) groups is 1. The van der Waals surface area contributed by atoms with Crippen LogP contribution in [0.2, 0.25) is 0 Å². The second kappa shape index (κ2) is 17.6. The lowest BCUT2D eigenvalue weighted by Gasteiger charge is -2.43. The Morgan fingerprint density at radius 2 is 1.00 bits per heavy atom. The number of benzene rings is 2. The van der Waals surface area contributed by atoms with Gasteiger partial charge in [0, 0.05) is 75.9 Å². The largest absolute Gasteiger partial charge is 0.375 e. The van der Waals surface area contributed by atoms with Crippen molar-refractivity contribution in [2.24, 2.45) is 0 Å². The third-order valence-electron chi connectivity index (χ3n) is 9.42. The van der Waals surface area contributed by atoms with Crippen molar-refractivity contribution in [3.05, 3.63) is 120 Å². The van der Waals surface area contributed by atoms with Gasteiger partial charge in [0.15, 0.2) is 5.78 Å². The average molecular weight is 669 g/mol. The minimum atomic E-state index is -0.432. The number of carbonyl (C=O) groups excluding carboxylic acids is 1. The summed E-state index contributed by atoms with van der Waals surface area (Å²) in [7, 11) is 0. The molecule has 0 N–H and O–H groups in total. The standard InChI is InChI=1S/C41H44N6O3/c1-3-33-15-17-39(42-27-33)46-23-19-44(20-24-46)37(31-49-29-35-11-7-5-8-12-35)41(48)38(32-50-30-36-13-9-6-10-14-36)45-21-25-47(26-22-45)40-18-16-34(4-2)28-43-40/h1-2,5-18,27-28,37-38H,19-26,29-32H2. The van der Waals surface area contributed by atoms with Crippen molar-refractivity contribution in [2.45, 2.75) is 25.3 Å². The van der Waals surface area contributed by atoms with E-state index < -0.39 is 12.1 Å². The number of rotatable bonds is 14. The molecule has 9 nitrogen and oxygen atoms in total. The van der Waals surface area contributed by atoms with Crippen molar-refractivity contribution >= 4 is 17.4 Å². The molecule has 2 saturated heterocycles. The molecule has 0 saturated carbocycles. The quantitative estimate of drug-likeness (QED) is 0.185. The van der Waals surface area contributed by atoms with Crippen LogP contribution in [0, 0.1) is 24.7 Å². The number of ether oxygens (including phenoxy) is 2. The minimum Gasteiger partial charge on any atom is -0.375 e. The number of terminal acetylenes is 2. The molecule has 2 aliphatic rings. The Morgan fingerprint density at radius 3 is 1.34 bits per heavy atom. The zero-order chi connectivity index (χ0) is 34.5. The highest BCUT2D eigenvalue weighted by atomic mass is 16.5. The first-order chi connectivity index (χ1) is 24.6. The second-order valence-corrected chi connectivity index (χ2v) is 12.6. The summed E-state index contributed by atoms with van der Waals surface area (Å²) in [5.74, 6) is 7.17. The molecule has 2 aliphatic heterocycles. The Hall–Kier alpha value is -5.03. The molecule has 0 aliphatic carbocycles. The third-order valence-corrected chi connectivity index (χ3v) is 9.42. The fourth-order valence-corrected chi connectivity index (χ4v) is 6.52. The van der Waals surface area contributed by atoms with Crippen LogP contribution in [0.25, 0.3) is 0 Å². The van der Waals surface area contributed by atoms with Gasteiger partial charge in [-0.25, -0.2) is 9.97 Å². The van der Waals surface area contributed by atoms with Crippen LogP contribution in [-0.2, 0) is 27.5 Å². The molecule has 0 amide bonds. The van der Waals surface area contributed by atoms with Gasteiger partial charge < -0.3 is 19.3 Å². The normalized spacial score (nSPS) is 16.7. The topological polar surface area (TPSA) is 74.3 Å². The van der Waals surface area contributed by atoms with E-state index in [1.165, 1.54) is 0 Å². The van der Waals surface area contributed by atoms with Gasteiger partial charge >= 0.3 is 0 Å². The summed E-state index contributed by atoms with van der Waals surface area (Å²) >= 11 is 0. The van der Waals surface area contributed by atoms with Gasteiger partial charge in [-0.3, -0.25) is 14.6 Å². The van der Waals surface area contributed by atoms with Gasteiger partial charge in [-0.05, 0) is 35.4 Å². The van der Waals surface area contributed by atoms with E-state index in [1.54, 1.807) is 12.4 Å². The molecule has 2 atom stereocenters. The first-order valence-corrected chi connectivity index (χ1v) is 17.2. The number of aromatic nitrogens is 2. The molecule has 0 bridgehead atoms. The zero-order valence-corrected chi connectivity index (χ0v) is 28.4. The summed E-state index contributed by atoms with van der Waals surface area (Å²) in [6.07, 6.45) is 14.5. The number of Topliss-reactive ketones (excluding diaryl/α,β-unsaturated/α-hetero) is 1. The van der Waals surface area contributed by atoms with Gasteiger partial charge in [0.05, 0.1) is 38.5 Å². The molecule has 2 aromatic heterocycles. The number of piperazine rings is 2. The van der Waals surface area contributed by atoms with Crippen LogP contribution in [-0.4, -0.2) is 103 Å². The smallest absolute Gasteiger partial charge is 0.171 e. The maximum Gasteiger partial charge on any atom is 0.171 e. The van der Waals surface area contributed by atoms with E-state index in [9.17, 15) is 4.79 Å². The molecule has 2 unspecified atom stereocenters. The van der Waals surface area contributed by atoms with Gasteiger partial charge in [0.2, 0.25) is 0 Å². The van der Waals surface area contributed by atoms with Crippen molar-refractivity contribution in [1.82, 2.24) is 19.8 Å². The molecule has 256 valence electrons. The minimum absolute atomic E-state index is 0.126. The Bertz CT molecular complexity index is 1590. The van der Waals surface area contributed by atoms with Crippen molar-refractivity contribution < 1.29 is 14.3 Å². The lowest BCUT2D eigenvalue weighted by molar-refractivity contribution is -0.135. The molecule has 0 spiro atoms. The predicted molar refractivity (Wildman–Crippen MR) is 197 cm³/mol. The number of hydrogen-bond donors (Lipinski definition) is 0. The summed E-state index contributed by atoms with van der Waals surface area (Å²) < 4.78 is 12.6. The van der Waals surface area contributed by atoms with Crippen molar-refractivity contribution in [2.75, 3.05) is 75.4 Å². The molecule has 6 rings (SSSR count). The number of anilines is 2. The Kier molecular flexibility index (Phi) is 12.2. The molecule has 9 heteroatoms. The third kappa shape index (κ3) is 9.15. The summed E-state index contributed by atoms with van der Waals surface area (Å²) in [6, 6.07) is 27.1. The Labute approximate surface area is 295 Å². The maximum atomic E-state index is 14.8. The monoisotopic (exact) mass is 668 g/mol. The maximum absolute atomic E-state index is 14.8. The van der Waals surface area contributed by atoms with Crippen molar-refractivity contribution in [3.63, 3.8) is 0 Å². The molecule has 2 fully saturated rings. The van der Waals surface area contributed by atoms with Gasteiger partial charge in [0.1, 0.15) is 11.6 Å². The van der Waals surface area contributed by atoms with Crippen LogP contribution in [0.4, 0.5) is 11.6 Å². The number of ketones is 1. The molecule has 4 aromatic rings. The van der Waals surface area contributed by atoms with E-state index in [2.05, 4.69) is 41.4 Å². The van der Waals surface area contributed by atoms with E-state index in [0.29, 0.717) is 52.6 Å². The Balaban J connectivity index is 1.17. The van der Waals surface area contributed by atoms with E-state index in [-0.39, 0.29) is 5.78 Å². The first-order valence-electron chi connectivity index (χ1n) is 17.2. The van der Waals surface area contributed by atoms with E-state index in [4.69, 9.17) is 22.3 Å². The Morgan fingerprint density at radius 1 is 0.600 bits per heavy atom. The van der Waals surface area contributed by atoms with Gasteiger partial charge in [0.25, 0.3) is 0 Å². The van der Waals surface area contributed by atoms with Crippen LogP contribution in [0.5, 0.6) is 0 Å². The summed E-state index contributed by atoms with van der Waals surface area (Å²) in [5.41, 5.74) is 3.67. The van der Waals surface area contributed by atoms with Crippen molar-refractivity contribution in [1.29, 1.82) is 0 Å². The zero-order valence-electron chi connectivity index (χ0n) is 28.4. The number of hydrogen-bond acceptors (Lipinski definition) is 9. The molecule has 0 radical (unpaired) electrons. The fraction of sp³-hybridized carbons (Fsp3) is 0.341. The first kappa shape index (κ1) is 34.8. The summed E-state index contributed by atoms with van der Waals surface area (Å²) in [6.45, 7) is 7.24. The second-order valence-electron chi connectivity index (χ2n) is 12.6. The molecular formula is C41H44N6O3. The fourth-order valence-electron chi connectivity index (χ4n) is 6.52. The molecule has 4 heterocycles. The van der Waals surface area contributed by atoms with Crippen LogP contribution in [0.15, 0.2) is 97.3 Å². The van der Waals surface area contributed by atoms with E-state index in [1.807, 2.05) is 84.9 Å². The van der Waals surface area contributed by atoms with Crippen LogP contribution in [0.3, 0.4) is 0 Å². The number of nitrogens with zero attached hydrogens (tertiary/aromatic N) is 6. The molecule has 2 aromatic carbocycles. The van der Waals surface area contributed by atoms with Gasteiger partial charge in [-0.2, -0.15) is 0 Å². The van der Waals surface area contributed by atoms with Crippen LogP contribution >= 0.6 is 0 Å².